The molecular formula is C18H31N5O2. The maximum absolute atomic E-state index is 12.7. The molecule has 0 N–H and O–H groups in total. The van der Waals surface area contributed by atoms with Crippen LogP contribution in [0.25, 0.3) is 0 Å². The van der Waals surface area contributed by atoms with E-state index in [2.05, 4.69) is 28.0 Å². The zero-order valence-electron chi connectivity index (χ0n) is 15.8. The van der Waals surface area contributed by atoms with E-state index in [9.17, 15) is 4.79 Å². The van der Waals surface area contributed by atoms with Gasteiger partial charge in [0, 0.05) is 64.6 Å². The Morgan fingerprint density at radius 3 is 2.52 bits per heavy atom. The van der Waals surface area contributed by atoms with Gasteiger partial charge in [-0.25, -0.2) is 0 Å². The Labute approximate surface area is 150 Å². The molecule has 0 unspecified atom stereocenters. The summed E-state index contributed by atoms with van der Waals surface area (Å²) < 4.78 is 7.26. The van der Waals surface area contributed by atoms with Gasteiger partial charge in [-0.05, 0) is 13.3 Å². The Kier molecular flexibility index (Phi) is 6.09. The third kappa shape index (κ3) is 4.40. The third-order valence-corrected chi connectivity index (χ3v) is 5.36. The highest BCUT2D eigenvalue weighted by Crippen LogP contribution is 2.15. The van der Waals surface area contributed by atoms with Crippen LogP contribution in [-0.4, -0.2) is 88.9 Å². The molecule has 0 aliphatic carbocycles. The van der Waals surface area contributed by atoms with Crippen LogP contribution < -0.4 is 0 Å². The highest BCUT2D eigenvalue weighted by Gasteiger charge is 2.29. The number of aromatic nitrogens is 2. The van der Waals surface area contributed by atoms with E-state index in [0.717, 1.165) is 52.2 Å². The molecule has 2 fully saturated rings. The number of nitrogens with zero attached hydrogens (tertiary/aromatic N) is 5. The van der Waals surface area contributed by atoms with Crippen LogP contribution in [0.3, 0.4) is 0 Å². The van der Waals surface area contributed by atoms with Crippen molar-refractivity contribution in [3.8, 4) is 0 Å². The molecule has 0 bridgehead atoms. The molecular weight excluding hydrogens is 318 g/mol. The van der Waals surface area contributed by atoms with E-state index >= 15 is 0 Å². The van der Waals surface area contributed by atoms with Gasteiger partial charge in [0.05, 0.1) is 24.9 Å². The number of carbonyl (C=O) groups is 1. The molecule has 3 rings (SSSR count). The van der Waals surface area contributed by atoms with Crippen LogP contribution >= 0.6 is 0 Å². The summed E-state index contributed by atoms with van der Waals surface area (Å²) in [6.07, 6.45) is 3.11. The lowest BCUT2D eigenvalue weighted by atomic mass is 10.1. The van der Waals surface area contributed by atoms with E-state index in [1.54, 1.807) is 0 Å². The van der Waals surface area contributed by atoms with Crippen molar-refractivity contribution < 1.29 is 9.53 Å². The van der Waals surface area contributed by atoms with Crippen LogP contribution in [-0.2, 0) is 29.5 Å². The lowest BCUT2D eigenvalue weighted by Gasteiger charge is -2.39. The number of carbonyl (C=O) groups excluding carboxylic acids is 1. The van der Waals surface area contributed by atoms with Crippen molar-refractivity contribution in [3.05, 3.63) is 17.5 Å². The predicted octanol–water partition coefficient (Wildman–Crippen LogP) is 0.347. The van der Waals surface area contributed by atoms with Crippen molar-refractivity contribution in [1.29, 1.82) is 0 Å². The second-order valence-electron chi connectivity index (χ2n) is 7.05. The van der Waals surface area contributed by atoms with Crippen LogP contribution in [0.1, 0.15) is 25.1 Å². The smallest absolute Gasteiger partial charge is 0.239 e. The summed E-state index contributed by atoms with van der Waals surface area (Å²) in [4.78, 5) is 19.4. The van der Waals surface area contributed by atoms with Gasteiger partial charge in [0.1, 0.15) is 0 Å². The van der Waals surface area contributed by atoms with Gasteiger partial charge in [0.25, 0.3) is 0 Å². The van der Waals surface area contributed by atoms with E-state index in [-0.39, 0.29) is 11.9 Å². The zero-order chi connectivity index (χ0) is 17.8. The van der Waals surface area contributed by atoms with Crippen LogP contribution in [0.15, 0.2) is 6.20 Å². The average molecular weight is 349 g/mol. The quantitative estimate of drug-likeness (QED) is 0.768. The summed E-state index contributed by atoms with van der Waals surface area (Å²) >= 11 is 0. The van der Waals surface area contributed by atoms with Crippen LogP contribution in [0, 0.1) is 0 Å². The Balaban J connectivity index is 1.50. The molecule has 0 spiro atoms. The van der Waals surface area contributed by atoms with Gasteiger partial charge >= 0.3 is 0 Å². The fourth-order valence-corrected chi connectivity index (χ4v) is 3.77. The summed E-state index contributed by atoms with van der Waals surface area (Å²) in [5.74, 6) is 0.247. The maximum atomic E-state index is 12.7. The largest absolute Gasteiger partial charge is 0.378 e. The average Bonchev–Trinajstić information content (AvgIpc) is 3.01. The van der Waals surface area contributed by atoms with Gasteiger partial charge < -0.3 is 9.64 Å². The summed E-state index contributed by atoms with van der Waals surface area (Å²) in [6, 6.07) is -0.0372. The summed E-state index contributed by atoms with van der Waals surface area (Å²) in [5, 5.41) is 4.53. The third-order valence-electron chi connectivity index (χ3n) is 5.36. The van der Waals surface area contributed by atoms with E-state index in [1.807, 2.05) is 23.6 Å². The van der Waals surface area contributed by atoms with Gasteiger partial charge in [-0.15, -0.1) is 0 Å². The molecule has 140 valence electrons. The highest BCUT2D eigenvalue weighted by molar-refractivity contribution is 5.81. The molecule has 1 amide bonds. The van der Waals surface area contributed by atoms with Crippen molar-refractivity contribution in [3.63, 3.8) is 0 Å². The molecule has 1 aromatic rings. The van der Waals surface area contributed by atoms with Crippen molar-refractivity contribution >= 4 is 5.91 Å². The molecule has 7 heteroatoms. The number of rotatable bonds is 5. The van der Waals surface area contributed by atoms with Gasteiger partial charge in [-0.1, -0.05) is 6.92 Å². The molecule has 2 aliphatic heterocycles. The second-order valence-corrected chi connectivity index (χ2v) is 7.05. The number of hydrogen-bond acceptors (Lipinski definition) is 5. The maximum Gasteiger partial charge on any atom is 0.239 e. The Bertz CT molecular complexity index is 574. The first kappa shape index (κ1) is 18.4. The number of morpholine rings is 1. The first-order valence-corrected chi connectivity index (χ1v) is 9.42. The number of ether oxygens (including phenoxy) is 1. The SMILES string of the molecule is CCc1nn(C)cc1CN1CCN([C@H](C)C(=O)N2CCOCC2)CC1. The minimum absolute atomic E-state index is 0.0372. The van der Waals surface area contributed by atoms with Gasteiger partial charge in [0.15, 0.2) is 0 Å². The fraction of sp³-hybridized carbons (Fsp3) is 0.778. The molecule has 0 saturated carbocycles. The van der Waals surface area contributed by atoms with E-state index in [4.69, 9.17) is 4.74 Å². The summed E-state index contributed by atoms with van der Waals surface area (Å²) in [6.45, 7) is 11.8. The van der Waals surface area contributed by atoms with Crippen LogP contribution in [0.4, 0.5) is 0 Å². The van der Waals surface area contributed by atoms with Crippen molar-refractivity contribution in [2.45, 2.75) is 32.9 Å². The summed E-state index contributed by atoms with van der Waals surface area (Å²) in [5.41, 5.74) is 2.52. The van der Waals surface area contributed by atoms with Crippen molar-refractivity contribution in [1.82, 2.24) is 24.5 Å². The van der Waals surface area contributed by atoms with E-state index in [1.165, 1.54) is 11.3 Å². The standard InChI is InChI=1S/C18H31N5O2/c1-4-17-16(13-20(3)19-17)14-21-5-7-22(8-6-21)15(2)18(24)23-9-11-25-12-10-23/h13,15H,4-12,14H2,1-3H3/t15-/m1/s1. The lowest BCUT2D eigenvalue weighted by Crippen LogP contribution is -2.55. The van der Waals surface area contributed by atoms with E-state index in [0.29, 0.717) is 13.2 Å². The van der Waals surface area contributed by atoms with E-state index < -0.39 is 0 Å². The number of amides is 1. The highest BCUT2D eigenvalue weighted by atomic mass is 16.5. The van der Waals surface area contributed by atoms with Gasteiger partial charge in [0.2, 0.25) is 5.91 Å². The van der Waals surface area contributed by atoms with Crippen LogP contribution in [0.5, 0.6) is 0 Å². The molecule has 0 aromatic carbocycles. The number of hydrogen-bond donors (Lipinski definition) is 0. The van der Waals surface area contributed by atoms with Gasteiger partial charge in [-0.2, -0.15) is 5.10 Å². The molecule has 1 aromatic heterocycles. The van der Waals surface area contributed by atoms with Gasteiger partial charge in [-0.3, -0.25) is 19.3 Å². The topological polar surface area (TPSA) is 53.8 Å². The molecule has 2 aliphatic rings. The fourth-order valence-electron chi connectivity index (χ4n) is 3.77. The first-order valence-electron chi connectivity index (χ1n) is 9.42. The molecule has 7 nitrogen and oxygen atoms in total. The minimum atomic E-state index is -0.0372. The first-order chi connectivity index (χ1) is 12.1. The van der Waals surface area contributed by atoms with Crippen molar-refractivity contribution in [2.24, 2.45) is 7.05 Å². The second kappa shape index (κ2) is 8.29. The lowest BCUT2D eigenvalue weighted by molar-refractivity contribution is -0.141. The Hall–Kier alpha value is -1.44. The molecule has 25 heavy (non-hydrogen) atoms. The van der Waals surface area contributed by atoms with Crippen molar-refractivity contribution in [2.75, 3.05) is 52.5 Å². The number of aryl methyl sites for hydroxylation is 2. The Morgan fingerprint density at radius 1 is 1.20 bits per heavy atom. The summed E-state index contributed by atoms with van der Waals surface area (Å²) in [7, 11) is 1.99. The number of piperazine rings is 1. The monoisotopic (exact) mass is 349 g/mol. The normalized spacial score (nSPS) is 21.5. The Morgan fingerprint density at radius 2 is 1.88 bits per heavy atom. The zero-order valence-corrected chi connectivity index (χ0v) is 15.8. The predicted molar refractivity (Wildman–Crippen MR) is 96.3 cm³/mol. The minimum Gasteiger partial charge on any atom is -0.378 e. The van der Waals surface area contributed by atoms with Crippen LogP contribution in [0.2, 0.25) is 0 Å². The molecule has 2 saturated heterocycles. The molecule has 3 heterocycles. The molecule has 1 atom stereocenters. The molecule has 0 radical (unpaired) electrons.